The largest absolute Gasteiger partial charge is 0.310 e. The van der Waals surface area contributed by atoms with Crippen LogP contribution in [0.1, 0.15) is 91.2 Å². The summed E-state index contributed by atoms with van der Waals surface area (Å²) in [5.41, 5.74) is 6.56. The minimum atomic E-state index is -1.01. The van der Waals surface area contributed by atoms with Gasteiger partial charge in [-0.3, -0.25) is 4.79 Å². The van der Waals surface area contributed by atoms with E-state index in [1.807, 2.05) is 13.0 Å². The van der Waals surface area contributed by atoms with Crippen molar-refractivity contribution in [3.8, 4) is 0 Å². The van der Waals surface area contributed by atoms with Crippen LogP contribution in [0.2, 0.25) is 0 Å². The van der Waals surface area contributed by atoms with Crippen LogP contribution in [-0.2, 0) is 4.79 Å². The van der Waals surface area contributed by atoms with Crippen molar-refractivity contribution in [1.29, 1.82) is 0 Å². The molecule has 0 radical (unpaired) electrons. The fraction of sp³-hybridized carbons (Fsp3) is 0.484. The first-order valence-corrected chi connectivity index (χ1v) is 13.0. The number of pyridine rings is 1. The minimum Gasteiger partial charge on any atom is -0.310 e. The molecule has 0 spiro atoms. The van der Waals surface area contributed by atoms with Gasteiger partial charge >= 0.3 is 0 Å². The number of nitrogens with one attached hydrogen (secondary N) is 1. The molecule has 1 heterocycles. The molecule has 1 amide bonds. The number of amides is 1. The average molecular weight is 481 g/mol. The van der Waals surface area contributed by atoms with Gasteiger partial charge < -0.3 is 5.32 Å². The number of aryl methyl sites for hydroxylation is 1. The Hall–Kier alpha value is -2.75. The molecule has 0 aromatic carbocycles. The minimum absolute atomic E-state index is 0.292. The highest BCUT2D eigenvalue weighted by molar-refractivity contribution is 5.94. The van der Waals surface area contributed by atoms with Crippen molar-refractivity contribution in [2.75, 3.05) is 5.32 Å². The predicted octanol–water partition coefficient (Wildman–Crippen LogP) is 9.09. The monoisotopic (exact) mass is 480 g/mol. The molecule has 0 saturated heterocycles. The molecule has 2 atom stereocenters. The van der Waals surface area contributed by atoms with E-state index >= 15 is 0 Å². The summed E-state index contributed by atoms with van der Waals surface area (Å²) in [6, 6.07) is 1.84. The average Bonchev–Trinajstić information content (AvgIpc) is 3.55. The molecule has 1 aliphatic rings. The molecule has 4 heteroatoms. The lowest BCUT2D eigenvalue weighted by atomic mass is 9.93. The fourth-order valence-electron chi connectivity index (χ4n) is 3.55. The standard InChI is InChI=1S/C28H37FN2O.C3H8/c1-7-10-12-19(4)14-21(6)24(9-3)22(13-11-8-2)16-23-18-30-27(15-20(23)5)31-28(32)25-17-26(25)29;1-3-2/h9,11,13-16,18,25-26H,4,7-8,10,12,17H2,1-3,5-6H3,(H,30,31,32);3H2,1-2H3/b13-11+,21-14-,22-16+,24-9+;. The number of allylic oxidation sites excluding steroid dienone is 8. The summed E-state index contributed by atoms with van der Waals surface area (Å²) in [5.74, 6) is -0.356. The molecule has 0 aliphatic heterocycles. The molecule has 35 heavy (non-hydrogen) atoms. The van der Waals surface area contributed by atoms with Crippen LogP contribution >= 0.6 is 0 Å². The topological polar surface area (TPSA) is 42.0 Å². The molecule has 1 aromatic rings. The Morgan fingerprint density at radius 3 is 2.46 bits per heavy atom. The number of unbranched alkanes of at least 4 members (excludes halogenated alkanes) is 1. The molecule has 1 aliphatic carbocycles. The third-order valence-electron chi connectivity index (χ3n) is 5.59. The summed E-state index contributed by atoms with van der Waals surface area (Å²) in [6.07, 6.45) is 17.3. The summed E-state index contributed by atoms with van der Waals surface area (Å²) >= 11 is 0. The number of rotatable bonds is 11. The lowest BCUT2D eigenvalue weighted by Crippen LogP contribution is -2.16. The van der Waals surface area contributed by atoms with E-state index in [0.29, 0.717) is 12.2 Å². The Morgan fingerprint density at radius 1 is 1.29 bits per heavy atom. The molecule has 1 aromatic heterocycles. The number of hydrogen-bond acceptors (Lipinski definition) is 2. The SMILES string of the molecule is C=C(\C=C(C)/C(=C\C)C(/C=C/CC)=C/c1cnc(NC(=O)C2CC2F)cc1C)CCCC.CCC. The Balaban J connectivity index is 0.00000194. The summed E-state index contributed by atoms with van der Waals surface area (Å²) in [6.45, 7) is 18.9. The third kappa shape index (κ3) is 10.6. The van der Waals surface area contributed by atoms with Crippen LogP contribution in [0.4, 0.5) is 10.2 Å². The number of alkyl halides is 1. The Bertz CT molecular complexity index is 968. The van der Waals surface area contributed by atoms with E-state index in [4.69, 9.17) is 0 Å². The van der Waals surface area contributed by atoms with Gasteiger partial charge in [0.05, 0.1) is 5.92 Å². The van der Waals surface area contributed by atoms with Gasteiger partial charge in [-0.05, 0) is 86.4 Å². The molecular formula is C31H45FN2O. The quantitative estimate of drug-likeness (QED) is 0.321. The zero-order valence-corrected chi connectivity index (χ0v) is 22.9. The maximum absolute atomic E-state index is 13.1. The molecule has 192 valence electrons. The van der Waals surface area contributed by atoms with Gasteiger partial charge in [-0.2, -0.15) is 0 Å². The molecule has 1 saturated carbocycles. The van der Waals surface area contributed by atoms with Gasteiger partial charge in [0, 0.05) is 6.20 Å². The van der Waals surface area contributed by atoms with E-state index in [1.165, 1.54) is 12.0 Å². The second-order valence-electron chi connectivity index (χ2n) is 9.18. The van der Waals surface area contributed by atoms with Crippen molar-refractivity contribution in [2.24, 2.45) is 5.92 Å². The van der Waals surface area contributed by atoms with Crippen molar-refractivity contribution in [3.63, 3.8) is 0 Å². The Labute approximate surface area is 213 Å². The highest BCUT2D eigenvalue weighted by Gasteiger charge is 2.43. The molecule has 1 fully saturated rings. The van der Waals surface area contributed by atoms with E-state index in [1.54, 1.807) is 6.20 Å². The van der Waals surface area contributed by atoms with Crippen molar-refractivity contribution in [1.82, 2.24) is 4.98 Å². The van der Waals surface area contributed by atoms with Gasteiger partial charge in [0.15, 0.2) is 0 Å². The third-order valence-corrected chi connectivity index (χ3v) is 5.59. The first kappa shape index (κ1) is 30.3. The smallest absolute Gasteiger partial charge is 0.231 e. The van der Waals surface area contributed by atoms with E-state index < -0.39 is 12.1 Å². The predicted molar refractivity (Wildman–Crippen MR) is 150 cm³/mol. The number of anilines is 1. The van der Waals surface area contributed by atoms with Crippen molar-refractivity contribution in [2.45, 2.75) is 93.2 Å². The first-order chi connectivity index (χ1) is 16.7. The normalized spacial score (nSPS) is 18.2. The summed E-state index contributed by atoms with van der Waals surface area (Å²) in [4.78, 5) is 16.4. The number of carbonyl (C=O) groups excluding carboxylic acids is 1. The second kappa shape index (κ2) is 16.0. The lowest BCUT2D eigenvalue weighted by Gasteiger charge is -2.13. The highest BCUT2D eigenvalue weighted by atomic mass is 19.1. The molecule has 3 nitrogen and oxygen atoms in total. The number of nitrogens with zero attached hydrogens (tertiary/aromatic N) is 1. The highest BCUT2D eigenvalue weighted by Crippen LogP contribution is 2.34. The molecule has 2 rings (SSSR count). The number of hydrogen-bond donors (Lipinski definition) is 1. The molecule has 0 bridgehead atoms. The number of halogens is 1. The zero-order chi connectivity index (χ0) is 26.4. The van der Waals surface area contributed by atoms with Gasteiger partial charge in [-0.1, -0.05) is 77.0 Å². The Kier molecular flexibility index (Phi) is 13.9. The van der Waals surface area contributed by atoms with Crippen LogP contribution in [0.5, 0.6) is 0 Å². The van der Waals surface area contributed by atoms with Crippen LogP contribution in [0.15, 0.2) is 65.4 Å². The van der Waals surface area contributed by atoms with Crippen LogP contribution in [-0.4, -0.2) is 17.1 Å². The summed E-state index contributed by atoms with van der Waals surface area (Å²) in [5, 5.41) is 2.73. The van der Waals surface area contributed by atoms with E-state index in [0.717, 1.165) is 53.5 Å². The summed E-state index contributed by atoms with van der Waals surface area (Å²) in [7, 11) is 0. The van der Waals surface area contributed by atoms with Gasteiger partial charge in [0.2, 0.25) is 5.91 Å². The summed E-state index contributed by atoms with van der Waals surface area (Å²) < 4.78 is 13.1. The van der Waals surface area contributed by atoms with Crippen molar-refractivity contribution >= 4 is 17.8 Å². The van der Waals surface area contributed by atoms with E-state index in [9.17, 15) is 9.18 Å². The molecule has 1 N–H and O–H groups in total. The van der Waals surface area contributed by atoms with Gasteiger partial charge in [-0.15, -0.1) is 0 Å². The van der Waals surface area contributed by atoms with E-state index in [2.05, 4.69) is 88.8 Å². The number of aromatic nitrogens is 1. The first-order valence-electron chi connectivity index (χ1n) is 13.0. The fourth-order valence-corrected chi connectivity index (χ4v) is 3.55. The maximum atomic E-state index is 13.1. The zero-order valence-electron chi connectivity index (χ0n) is 22.9. The van der Waals surface area contributed by atoms with Crippen molar-refractivity contribution in [3.05, 3.63) is 76.6 Å². The van der Waals surface area contributed by atoms with Crippen LogP contribution in [0.25, 0.3) is 6.08 Å². The van der Waals surface area contributed by atoms with Gasteiger partial charge in [-0.25, -0.2) is 9.37 Å². The maximum Gasteiger partial charge on any atom is 0.231 e. The lowest BCUT2D eigenvalue weighted by molar-refractivity contribution is -0.117. The van der Waals surface area contributed by atoms with Gasteiger partial charge in [0.25, 0.3) is 0 Å². The van der Waals surface area contributed by atoms with Crippen molar-refractivity contribution < 1.29 is 9.18 Å². The molecule has 2 unspecified atom stereocenters. The van der Waals surface area contributed by atoms with Crippen LogP contribution in [0, 0.1) is 12.8 Å². The van der Waals surface area contributed by atoms with Crippen LogP contribution in [0.3, 0.4) is 0 Å². The van der Waals surface area contributed by atoms with Gasteiger partial charge in [0.1, 0.15) is 12.0 Å². The molecular weight excluding hydrogens is 435 g/mol. The second-order valence-corrected chi connectivity index (χ2v) is 9.18. The van der Waals surface area contributed by atoms with E-state index in [-0.39, 0.29) is 5.91 Å². The van der Waals surface area contributed by atoms with Crippen LogP contribution < -0.4 is 5.32 Å². The Morgan fingerprint density at radius 2 is 1.94 bits per heavy atom. The number of carbonyl (C=O) groups is 1.